The van der Waals surface area contributed by atoms with Crippen LogP contribution in [0.15, 0.2) is 24.4 Å². The van der Waals surface area contributed by atoms with Crippen molar-refractivity contribution in [1.82, 2.24) is 15.4 Å². The van der Waals surface area contributed by atoms with E-state index in [1.807, 2.05) is 6.92 Å². The van der Waals surface area contributed by atoms with Gasteiger partial charge in [0.15, 0.2) is 5.82 Å². The van der Waals surface area contributed by atoms with E-state index in [0.717, 1.165) is 18.5 Å². The van der Waals surface area contributed by atoms with Gasteiger partial charge in [-0.05, 0) is 31.9 Å². The molecule has 0 radical (unpaired) electrons. The van der Waals surface area contributed by atoms with Crippen molar-refractivity contribution in [1.29, 1.82) is 0 Å². The van der Waals surface area contributed by atoms with E-state index >= 15 is 0 Å². The van der Waals surface area contributed by atoms with E-state index in [2.05, 4.69) is 26.1 Å². The molecule has 30 heavy (non-hydrogen) atoms. The zero-order valence-electron chi connectivity index (χ0n) is 17.2. The second kappa shape index (κ2) is 9.28. The van der Waals surface area contributed by atoms with Crippen LogP contribution in [0.3, 0.4) is 0 Å². The largest absolute Gasteiger partial charge is 0.593 e. The third-order valence-electron chi connectivity index (χ3n) is 4.51. The molecule has 3 N–H and O–H groups in total. The van der Waals surface area contributed by atoms with Crippen LogP contribution in [0.1, 0.15) is 28.9 Å². The molecular formula is C19H24N6O4S. The number of nitrogens with one attached hydrogen (secondary N) is 3. The molecule has 11 heteroatoms. The van der Waals surface area contributed by atoms with Gasteiger partial charge < -0.3 is 15.2 Å². The molecule has 2 aromatic rings. The van der Waals surface area contributed by atoms with Gasteiger partial charge in [0, 0.05) is 23.9 Å². The summed E-state index contributed by atoms with van der Waals surface area (Å²) >= 11 is -1.30. The number of aromatic nitrogens is 2. The number of hydrogen-bond acceptors (Lipinski definition) is 8. The molecule has 0 spiro atoms. The second-order valence-electron chi connectivity index (χ2n) is 6.88. The van der Waals surface area contributed by atoms with Crippen molar-refractivity contribution in [2.24, 2.45) is 5.92 Å². The minimum Gasteiger partial charge on any atom is -0.593 e. The molecule has 3 rings (SSSR count). The summed E-state index contributed by atoms with van der Waals surface area (Å²) in [7, 11) is 2.99. The van der Waals surface area contributed by atoms with E-state index in [-0.39, 0.29) is 17.4 Å². The minimum atomic E-state index is -1.30. The van der Waals surface area contributed by atoms with Crippen molar-refractivity contribution in [3.05, 3.63) is 35.7 Å². The Hall–Kier alpha value is -2.89. The lowest BCUT2D eigenvalue weighted by Crippen LogP contribution is -2.27. The number of hydrogen-bond donors (Lipinski definition) is 3. The highest BCUT2D eigenvalue weighted by molar-refractivity contribution is 7.92. The quantitative estimate of drug-likeness (QED) is 0.426. The molecule has 0 bridgehead atoms. The van der Waals surface area contributed by atoms with Gasteiger partial charge in [0.2, 0.25) is 5.91 Å². The predicted octanol–water partition coefficient (Wildman–Crippen LogP) is 1.90. The Morgan fingerprint density at radius 2 is 2.03 bits per heavy atom. The van der Waals surface area contributed by atoms with Crippen molar-refractivity contribution in [3.63, 3.8) is 0 Å². The van der Waals surface area contributed by atoms with Gasteiger partial charge >= 0.3 is 0 Å². The first-order chi connectivity index (χ1) is 14.3. The van der Waals surface area contributed by atoms with Crippen LogP contribution in [0.2, 0.25) is 0 Å². The van der Waals surface area contributed by atoms with Crippen molar-refractivity contribution in [2.45, 2.75) is 19.8 Å². The molecule has 160 valence electrons. The number of pyridine rings is 2. The van der Waals surface area contributed by atoms with Crippen LogP contribution >= 0.6 is 0 Å². The van der Waals surface area contributed by atoms with Crippen LogP contribution in [0.25, 0.3) is 0 Å². The number of nitrogens with zero attached hydrogens (tertiary/aromatic N) is 3. The van der Waals surface area contributed by atoms with Crippen LogP contribution in [0.5, 0.6) is 0 Å². The lowest BCUT2D eigenvalue weighted by atomic mass is 10.2. The fraction of sp³-hybridized carbons (Fsp3) is 0.368. The average Bonchev–Trinajstić information content (AvgIpc) is 3.54. The summed E-state index contributed by atoms with van der Waals surface area (Å²) < 4.78 is 13.5. The van der Waals surface area contributed by atoms with E-state index in [0.29, 0.717) is 23.0 Å². The van der Waals surface area contributed by atoms with Gasteiger partial charge in [-0.2, -0.15) is 4.31 Å². The topological polar surface area (TPSA) is 132 Å². The van der Waals surface area contributed by atoms with Gasteiger partial charge in [-0.15, -0.1) is 0 Å². The monoisotopic (exact) mass is 432 g/mol. The number of anilines is 4. The van der Waals surface area contributed by atoms with Crippen molar-refractivity contribution in [3.8, 4) is 0 Å². The maximum atomic E-state index is 12.4. The Bertz CT molecular complexity index is 951. The molecule has 1 unspecified atom stereocenters. The highest BCUT2D eigenvalue weighted by Crippen LogP contribution is 2.32. The molecule has 0 aliphatic heterocycles. The van der Waals surface area contributed by atoms with Crippen LogP contribution in [0.4, 0.5) is 23.0 Å². The fourth-order valence-corrected chi connectivity index (χ4v) is 3.06. The molecule has 0 saturated heterocycles. The smallest absolute Gasteiger partial charge is 0.278 e. The third-order valence-corrected chi connectivity index (χ3v) is 5.45. The Morgan fingerprint density at radius 3 is 2.67 bits per heavy atom. The molecule has 0 aromatic carbocycles. The van der Waals surface area contributed by atoms with E-state index in [1.165, 1.54) is 17.6 Å². The van der Waals surface area contributed by atoms with Crippen LogP contribution < -0.4 is 20.4 Å². The van der Waals surface area contributed by atoms with Gasteiger partial charge in [0.05, 0.1) is 42.5 Å². The molecule has 1 aliphatic rings. The minimum absolute atomic E-state index is 0.0146. The van der Waals surface area contributed by atoms with Gasteiger partial charge in [-0.3, -0.25) is 14.4 Å². The normalized spacial score (nSPS) is 14.0. The van der Waals surface area contributed by atoms with Crippen molar-refractivity contribution < 1.29 is 19.0 Å². The Labute approximate surface area is 177 Å². The van der Waals surface area contributed by atoms with E-state index < -0.39 is 17.3 Å². The SMILES string of the molecule is CONC(=O)c1cnc(NC(=O)C2CC2)cc1Nc1ccc(C)nc1N(C)[S+](C)[O-]. The summed E-state index contributed by atoms with van der Waals surface area (Å²) in [5, 5.41) is 5.92. The summed E-state index contributed by atoms with van der Waals surface area (Å²) in [5.74, 6) is 0.176. The standard InChI is InChI=1S/C19H24N6O4S/c1-11-5-8-14(17(21-11)25(2)30(4)28)22-15-9-16(23-18(26)12-6-7-12)20-10-13(15)19(27)24-29-3/h5,8-10,12H,6-7H2,1-4H3,(H,24,27)(H2,20,22,23,26). The van der Waals surface area contributed by atoms with Crippen LogP contribution in [-0.2, 0) is 21.0 Å². The first kappa shape index (κ1) is 21.8. The number of amides is 2. The lowest BCUT2D eigenvalue weighted by Gasteiger charge is -2.22. The Morgan fingerprint density at radius 1 is 1.30 bits per heavy atom. The third kappa shape index (κ3) is 5.17. The summed E-state index contributed by atoms with van der Waals surface area (Å²) in [4.78, 5) is 37.9. The number of hydroxylamine groups is 1. The Kier molecular flexibility index (Phi) is 6.75. The van der Waals surface area contributed by atoms with Gasteiger partial charge in [-0.1, -0.05) is 0 Å². The molecular weight excluding hydrogens is 408 g/mol. The van der Waals surface area contributed by atoms with Crippen molar-refractivity contribution >= 4 is 46.2 Å². The first-order valence-electron chi connectivity index (χ1n) is 9.26. The molecule has 1 saturated carbocycles. The molecule has 2 heterocycles. The van der Waals surface area contributed by atoms with Gasteiger partial charge in [0.25, 0.3) is 5.91 Å². The van der Waals surface area contributed by atoms with E-state index in [9.17, 15) is 14.1 Å². The van der Waals surface area contributed by atoms with Crippen LogP contribution in [0, 0.1) is 12.8 Å². The molecule has 1 aliphatic carbocycles. The molecule has 2 amide bonds. The molecule has 1 fully saturated rings. The zero-order valence-corrected chi connectivity index (χ0v) is 18.0. The molecule has 1 atom stereocenters. The number of aryl methyl sites for hydroxylation is 1. The fourth-order valence-electron chi connectivity index (χ4n) is 2.68. The van der Waals surface area contributed by atoms with Crippen LogP contribution in [-0.4, -0.2) is 46.7 Å². The average molecular weight is 433 g/mol. The number of carbonyl (C=O) groups excluding carboxylic acids is 2. The summed E-state index contributed by atoms with van der Waals surface area (Å²) in [5.41, 5.74) is 4.13. The van der Waals surface area contributed by atoms with Gasteiger partial charge in [-0.25, -0.2) is 15.4 Å². The molecule has 10 nitrogen and oxygen atoms in total. The summed E-state index contributed by atoms with van der Waals surface area (Å²) in [6, 6.07) is 5.14. The zero-order chi connectivity index (χ0) is 21.8. The van der Waals surface area contributed by atoms with Gasteiger partial charge in [0.1, 0.15) is 12.1 Å². The maximum absolute atomic E-state index is 12.4. The summed E-state index contributed by atoms with van der Waals surface area (Å²) in [6.45, 7) is 1.83. The number of carbonyl (C=O) groups is 2. The van der Waals surface area contributed by atoms with Crippen molar-refractivity contribution in [2.75, 3.05) is 35.4 Å². The van der Waals surface area contributed by atoms with E-state index in [4.69, 9.17) is 4.84 Å². The first-order valence-corrected chi connectivity index (χ1v) is 10.8. The Balaban J connectivity index is 1.98. The maximum Gasteiger partial charge on any atom is 0.278 e. The second-order valence-corrected chi connectivity index (χ2v) is 8.28. The molecule has 2 aromatic heterocycles. The highest BCUT2D eigenvalue weighted by Gasteiger charge is 2.30. The highest BCUT2D eigenvalue weighted by atomic mass is 32.2. The number of rotatable bonds is 8. The summed E-state index contributed by atoms with van der Waals surface area (Å²) in [6.07, 6.45) is 4.62. The predicted molar refractivity (Wildman–Crippen MR) is 115 cm³/mol. The lowest BCUT2D eigenvalue weighted by molar-refractivity contribution is -0.117. The van der Waals surface area contributed by atoms with E-state index in [1.54, 1.807) is 31.5 Å².